The van der Waals surface area contributed by atoms with Gasteiger partial charge in [0.15, 0.2) is 0 Å². The van der Waals surface area contributed by atoms with E-state index < -0.39 is 5.97 Å². The topological polar surface area (TPSA) is 73.2 Å². The molecular formula is C20H18ClN3O3. The van der Waals surface area contributed by atoms with Gasteiger partial charge in [0.25, 0.3) is 5.91 Å². The average Bonchev–Trinajstić information content (AvgIpc) is 3.05. The Morgan fingerprint density at radius 3 is 2.52 bits per heavy atom. The Morgan fingerprint density at radius 2 is 1.85 bits per heavy atom. The van der Waals surface area contributed by atoms with Crippen molar-refractivity contribution in [1.29, 1.82) is 0 Å². The predicted molar refractivity (Wildman–Crippen MR) is 104 cm³/mol. The Hall–Kier alpha value is -3.12. The molecule has 2 aromatic carbocycles. The van der Waals surface area contributed by atoms with Gasteiger partial charge in [0, 0.05) is 5.56 Å². The molecule has 6 nitrogen and oxygen atoms in total. The lowest BCUT2D eigenvalue weighted by atomic mass is 10.2. The summed E-state index contributed by atoms with van der Waals surface area (Å²) in [5.41, 5.74) is 2.85. The highest BCUT2D eigenvalue weighted by Crippen LogP contribution is 2.22. The van der Waals surface area contributed by atoms with Crippen LogP contribution in [0.3, 0.4) is 0 Å². The summed E-state index contributed by atoms with van der Waals surface area (Å²) in [7, 11) is 0. The van der Waals surface area contributed by atoms with Crippen LogP contribution in [0.5, 0.6) is 0 Å². The minimum atomic E-state index is -0.406. The van der Waals surface area contributed by atoms with Crippen LogP contribution in [-0.4, -0.2) is 28.3 Å². The maximum Gasteiger partial charge on any atom is 0.341 e. The molecule has 0 spiro atoms. The normalized spacial score (nSPS) is 10.5. The second-order valence-corrected chi connectivity index (χ2v) is 6.16. The van der Waals surface area contributed by atoms with Crippen LogP contribution < -0.4 is 5.32 Å². The lowest BCUT2D eigenvalue weighted by Crippen LogP contribution is -2.12. The van der Waals surface area contributed by atoms with Crippen LogP contribution in [0.1, 0.15) is 33.3 Å². The van der Waals surface area contributed by atoms with Gasteiger partial charge >= 0.3 is 5.97 Å². The molecule has 3 rings (SSSR count). The van der Waals surface area contributed by atoms with Gasteiger partial charge < -0.3 is 10.1 Å². The molecule has 0 atom stereocenters. The number of benzene rings is 2. The summed E-state index contributed by atoms with van der Waals surface area (Å²) in [4.78, 5) is 24.3. The summed E-state index contributed by atoms with van der Waals surface area (Å²) in [5, 5.41) is 7.49. The Bertz CT molecular complexity index is 980. The van der Waals surface area contributed by atoms with Crippen LogP contribution in [0.4, 0.5) is 5.69 Å². The fourth-order valence-electron chi connectivity index (χ4n) is 2.59. The summed E-state index contributed by atoms with van der Waals surface area (Å²) < 4.78 is 6.65. The van der Waals surface area contributed by atoms with E-state index in [1.165, 1.54) is 6.20 Å². The Kier molecular flexibility index (Phi) is 5.57. The maximum absolute atomic E-state index is 12.4. The van der Waals surface area contributed by atoms with Gasteiger partial charge in [-0.1, -0.05) is 23.7 Å². The molecule has 0 fully saturated rings. The average molecular weight is 384 g/mol. The minimum absolute atomic E-state index is 0.265. The van der Waals surface area contributed by atoms with Crippen LogP contribution in [0, 0.1) is 6.92 Å². The quantitative estimate of drug-likeness (QED) is 0.668. The molecule has 0 aliphatic carbocycles. The van der Waals surface area contributed by atoms with E-state index in [0.717, 1.165) is 5.69 Å². The van der Waals surface area contributed by atoms with Crippen LogP contribution in [0.15, 0.2) is 54.7 Å². The third kappa shape index (κ3) is 4.01. The SMILES string of the molecule is CCOC(=O)c1cnn(-c2ccc(C(=O)Nc3ccccc3Cl)cc2)c1C. The number of carbonyl (C=O) groups is 2. The molecule has 0 saturated heterocycles. The summed E-state index contributed by atoms with van der Waals surface area (Å²) in [6, 6.07) is 13.9. The Morgan fingerprint density at radius 1 is 1.15 bits per heavy atom. The molecule has 1 aromatic heterocycles. The number of anilines is 1. The van der Waals surface area contributed by atoms with Crippen LogP contribution in [-0.2, 0) is 4.74 Å². The second kappa shape index (κ2) is 8.05. The van der Waals surface area contributed by atoms with E-state index in [9.17, 15) is 9.59 Å². The number of nitrogens with one attached hydrogen (secondary N) is 1. The first-order valence-corrected chi connectivity index (χ1v) is 8.77. The molecular weight excluding hydrogens is 366 g/mol. The van der Waals surface area contributed by atoms with Crippen molar-refractivity contribution in [3.63, 3.8) is 0 Å². The van der Waals surface area contributed by atoms with Gasteiger partial charge in [-0.3, -0.25) is 4.79 Å². The number of amides is 1. The summed E-state index contributed by atoms with van der Waals surface area (Å²) in [6.45, 7) is 3.85. The molecule has 27 heavy (non-hydrogen) atoms. The summed E-state index contributed by atoms with van der Waals surface area (Å²) in [6.07, 6.45) is 1.48. The first-order valence-electron chi connectivity index (χ1n) is 8.39. The fourth-order valence-corrected chi connectivity index (χ4v) is 2.77. The highest BCUT2D eigenvalue weighted by molar-refractivity contribution is 6.33. The molecule has 0 radical (unpaired) electrons. The van der Waals surface area contributed by atoms with Crippen molar-refractivity contribution in [3.05, 3.63) is 76.6 Å². The van der Waals surface area contributed by atoms with E-state index in [0.29, 0.717) is 34.1 Å². The number of nitrogens with zero attached hydrogens (tertiary/aromatic N) is 2. The molecule has 0 bridgehead atoms. The van der Waals surface area contributed by atoms with Crippen molar-refractivity contribution in [3.8, 4) is 5.69 Å². The van der Waals surface area contributed by atoms with E-state index in [2.05, 4.69) is 10.4 Å². The highest BCUT2D eigenvalue weighted by Gasteiger charge is 2.16. The van der Waals surface area contributed by atoms with Gasteiger partial charge in [-0.25, -0.2) is 9.48 Å². The molecule has 1 heterocycles. The summed E-state index contributed by atoms with van der Waals surface area (Å²) in [5.74, 6) is -0.670. The monoisotopic (exact) mass is 383 g/mol. The van der Waals surface area contributed by atoms with Crippen molar-refractivity contribution >= 4 is 29.2 Å². The lowest BCUT2D eigenvalue weighted by Gasteiger charge is -2.09. The van der Waals surface area contributed by atoms with Gasteiger partial charge in [0.2, 0.25) is 0 Å². The minimum Gasteiger partial charge on any atom is -0.462 e. The van der Waals surface area contributed by atoms with Gasteiger partial charge in [-0.05, 0) is 50.2 Å². The van der Waals surface area contributed by atoms with Crippen molar-refractivity contribution in [2.75, 3.05) is 11.9 Å². The number of esters is 1. The number of halogens is 1. The van der Waals surface area contributed by atoms with E-state index in [-0.39, 0.29) is 5.91 Å². The lowest BCUT2D eigenvalue weighted by molar-refractivity contribution is 0.0525. The summed E-state index contributed by atoms with van der Waals surface area (Å²) >= 11 is 6.06. The first-order chi connectivity index (χ1) is 13.0. The predicted octanol–water partition coefficient (Wildman–Crippen LogP) is 4.26. The van der Waals surface area contributed by atoms with Gasteiger partial charge in [0.1, 0.15) is 5.56 Å². The third-order valence-electron chi connectivity index (χ3n) is 4.00. The largest absolute Gasteiger partial charge is 0.462 e. The van der Waals surface area contributed by atoms with Crippen molar-refractivity contribution in [1.82, 2.24) is 9.78 Å². The Labute approximate surface area is 161 Å². The third-order valence-corrected chi connectivity index (χ3v) is 4.33. The van der Waals surface area contributed by atoms with Gasteiger partial charge in [-0.15, -0.1) is 0 Å². The number of para-hydroxylation sites is 1. The van der Waals surface area contributed by atoms with E-state index >= 15 is 0 Å². The number of hydrogen-bond donors (Lipinski definition) is 1. The zero-order valence-electron chi connectivity index (χ0n) is 14.9. The molecule has 0 aliphatic heterocycles. The number of carbonyl (C=O) groups excluding carboxylic acids is 2. The van der Waals surface area contributed by atoms with Gasteiger partial charge in [-0.2, -0.15) is 5.10 Å². The van der Waals surface area contributed by atoms with E-state index in [4.69, 9.17) is 16.3 Å². The molecule has 0 saturated carbocycles. The Balaban J connectivity index is 1.79. The highest BCUT2D eigenvalue weighted by atomic mass is 35.5. The van der Waals surface area contributed by atoms with Crippen molar-refractivity contribution < 1.29 is 14.3 Å². The van der Waals surface area contributed by atoms with Crippen molar-refractivity contribution in [2.45, 2.75) is 13.8 Å². The molecule has 0 unspecified atom stereocenters. The van der Waals surface area contributed by atoms with E-state index in [1.807, 2.05) is 0 Å². The number of hydrogen-bond acceptors (Lipinski definition) is 4. The van der Waals surface area contributed by atoms with Crippen LogP contribution in [0.2, 0.25) is 5.02 Å². The molecule has 7 heteroatoms. The van der Waals surface area contributed by atoms with E-state index in [1.54, 1.807) is 67.1 Å². The molecule has 1 amide bonds. The van der Waals surface area contributed by atoms with Crippen LogP contribution >= 0.6 is 11.6 Å². The second-order valence-electron chi connectivity index (χ2n) is 5.76. The molecule has 0 aliphatic rings. The molecule has 1 N–H and O–H groups in total. The zero-order chi connectivity index (χ0) is 19.4. The number of aromatic nitrogens is 2. The number of ether oxygens (including phenoxy) is 1. The van der Waals surface area contributed by atoms with Gasteiger partial charge in [0.05, 0.1) is 34.9 Å². The zero-order valence-corrected chi connectivity index (χ0v) is 15.7. The standard InChI is InChI=1S/C20H18ClN3O3/c1-3-27-20(26)16-12-22-24(13(16)2)15-10-8-14(9-11-15)19(25)23-18-7-5-4-6-17(18)21/h4-12H,3H2,1-2H3,(H,23,25). The molecule has 3 aromatic rings. The number of rotatable bonds is 5. The smallest absolute Gasteiger partial charge is 0.341 e. The molecule has 138 valence electrons. The maximum atomic E-state index is 12.4. The van der Waals surface area contributed by atoms with Crippen molar-refractivity contribution in [2.24, 2.45) is 0 Å². The van der Waals surface area contributed by atoms with Crippen LogP contribution in [0.25, 0.3) is 5.69 Å². The fraction of sp³-hybridized carbons (Fsp3) is 0.150. The first kappa shape index (κ1) is 18.7.